The molecule has 27 heavy (non-hydrogen) atoms. The summed E-state index contributed by atoms with van der Waals surface area (Å²) in [4.78, 5) is 2.15. The average molecular weight is 353 g/mol. The zero-order valence-corrected chi connectivity index (χ0v) is 14.8. The molecule has 2 radical (unpaired) electrons. The van der Waals surface area contributed by atoms with Gasteiger partial charge in [0.15, 0.2) is 6.20 Å². The SMILES string of the molecule is [O-][n+]1ccccc1C1=Cc2ccccc2N(C2CCc3ccccc3N2)[C]1. The Morgan fingerprint density at radius 2 is 1.81 bits per heavy atom. The number of anilines is 2. The number of rotatable bonds is 2. The summed E-state index contributed by atoms with van der Waals surface area (Å²) >= 11 is 0. The van der Waals surface area contributed by atoms with Crippen LogP contribution in [-0.4, -0.2) is 6.17 Å². The molecule has 1 unspecified atom stereocenters. The zero-order chi connectivity index (χ0) is 18.2. The fourth-order valence-corrected chi connectivity index (χ4v) is 3.84. The van der Waals surface area contributed by atoms with Crippen LogP contribution < -0.4 is 14.9 Å². The second-order valence-corrected chi connectivity index (χ2v) is 6.87. The Morgan fingerprint density at radius 1 is 1.00 bits per heavy atom. The predicted octanol–water partition coefficient (Wildman–Crippen LogP) is 4.10. The topological polar surface area (TPSA) is 42.2 Å². The van der Waals surface area contributed by atoms with E-state index in [1.807, 2.05) is 30.3 Å². The molecule has 0 spiro atoms. The molecule has 0 amide bonds. The molecular formula is C23H19N3O. The summed E-state index contributed by atoms with van der Waals surface area (Å²) in [7, 11) is 0. The highest BCUT2D eigenvalue weighted by Gasteiger charge is 2.30. The van der Waals surface area contributed by atoms with Gasteiger partial charge in [0, 0.05) is 23.5 Å². The first-order chi connectivity index (χ1) is 13.3. The van der Waals surface area contributed by atoms with Gasteiger partial charge in [0.1, 0.15) is 12.7 Å². The van der Waals surface area contributed by atoms with Crippen LogP contribution in [0.3, 0.4) is 0 Å². The van der Waals surface area contributed by atoms with Gasteiger partial charge in [-0.25, -0.2) is 0 Å². The van der Waals surface area contributed by atoms with Gasteiger partial charge in [0.05, 0.1) is 5.57 Å². The van der Waals surface area contributed by atoms with Gasteiger partial charge in [-0.2, -0.15) is 4.73 Å². The van der Waals surface area contributed by atoms with Crippen LogP contribution in [-0.2, 0) is 6.42 Å². The van der Waals surface area contributed by atoms with E-state index < -0.39 is 0 Å². The molecule has 1 N–H and O–H groups in total. The maximum atomic E-state index is 12.3. The van der Waals surface area contributed by atoms with Gasteiger partial charge in [0.2, 0.25) is 5.69 Å². The number of para-hydroxylation sites is 2. The van der Waals surface area contributed by atoms with Crippen molar-refractivity contribution in [3.8, 4) is 0 Å². The Kier molecular flexibility index (Phi) is 3.82. The van der Waals surface area contributed by atoms with Crippen LogP contribution in [0.5, 0.6) is 0 Å². The Labute approximate surface area is 159 Å². The standard InChI is InChI=1S/C23H19N3O/c27-26-14-6-5-11-22(26)19-15-18-8-2-4-10-21(18)25(16-19)23-13-12-17-7-1-3-9-20(17)24-23/h1-11,14-15,23-24H,12-13H2. The number of benzene rings is 2. The second-order valence-electron chi connectivity index (χ2n) is 6.87. The minimum Gasteiger partial charge on any atom is -0.618 e. The third-order valence-electron chi connectivity index (χ3n) is 5.18. The van der Waals surface area contributed by atoms with Crippen molar-refractivity contribution in [2.45, 2.75) is 19.0 Å². The molecule has 0 aliphatic carbocycles. The molecule has 5 rings (SSSR count). The van der Waals surface area contributed by atoms with Crippen molar-refractivity contribution in [3.05, 3.63) is 101 Å². The van der Waals surface area contributed by atoms with Crippen LogP contribution in [0.15, 0.2) is 72.9 Å². The lowest BCUT2D eigenvalue weighted by Crippen LogP contribution is -2.44. The largest absolute Gasteiger partial charge is 0.618 e. The Bertz CT molecular complexity index is 1030. The van der Waals surface area contributed by atoms with Gasteiger partial charge in [0.25, 0.3) is 0 Å². The van der Waals surface area contributed by atoms with Crippen molar-refractivity contribution in [1.29, 1.82) is 0 Å². The van der Waals surface area contributed by atoms with E-state index in [4.69, 9.17) is 0 Å². The molecule has 1 atom stereocenters. The quantitative estimate of drug-likeness (QED) is 0.557. The van der Waals surface area contributed by atoms with E-state index in [-0.39, 0.29) is 6.17 Å². The normalized spacial score (nSPS) is 18.1. The third-order valence-corrected chi connectivity index (χ3v) is 5.18. The smallest absolute Gasteiger partial charge is 0.222 e. The fraction of sp³-hybridized carbons (Fsp3) is 0.130. The van der Waals surface area contributed by atoms with Gasteiger partial charge >= 0.3 is 0 Å². The molecule has 4 nitrogen and oxygen atoms in total. The molecule has 0 bridgehead atoms. The van der Waals surface area contributed by atoms with Crippen LogP contribution in [0.2, 0.25) is 0 Å². The van der Waals surface area contributed by atoms with Crippen molar-refractivity contribution in [2.24, 2.45) is 0 Å². The number of hydrogen-bond donors (Lipinski definition) is 1. The highest BCUT2D eigenvalue weighted by atomic mass is 16.5. The number of aromatic nitrogens is 1. The van der Waals surface area contributed by atoms with Crippen molar-refractivity contribution >= 4 is 23.0 Å². The predicted molar refractivity (Wildman–Crippen MR) is 108 cm³/mol. The molecule has 2 aromatic carbocycles. The van der Waals surface area contributed by atoms with Crippen LogP contribution in [0.1, 0.15) is 23.2 Å². The maximum absolute atomic E-state index is 12.3. The number of nitrogens with one attached hydrogen (secondary N) is 1. The summed E-state index contributed by atoms with van der Waals surface area (Å²) in [6.07, 6.45) is 5.63. The Hall–Kier alpha value is -3.27. The highest BCUT2D eigenvalue weighted by Crippen LogP contribution is 2.38. The molecule has 3 heterocycles. The second kappa shape index (κ2) is 6.47. The van der Waals surface area contributed by atoms with Crippen molar-refractivity contribution in [2.75, 3.05) is 10.2 Å². The van der Waals surface area contributed by atoms with Crippen LogP contribution in [0.25, 0.3) is 11.6 Å². The average Bonchev–Trinajstić information content (AvgIpc) is 2.73. The molecule has 2 aliphatic rings. The Balaban J connectivity index is 1.54. The third kappa shape index (κ3) is 2.83. The summed E-state index contributed by atoms with van der Waals surface area (Å²) in [6.45, 7) is 3.48. The first-order valence-corrected chi connectivity index (χ1v) is 9.19. The van der Waals surface area contributed by atoms with Gasteiger partial charge in [-0.3, -0.25) is 0 Å². The Morgan fingerprint density at radius 3 is 2.74 bits per heavy atom. The van der Waals surface area contributed by atoms with Gasteiger partial charge in [-0.05, 0) is 48.2 Å². The fourth-order valence-electron chi connectivity index (χ4n) is 3.84. The molecule has 0 saturated carbocycles. The number of aryl methyl sites for hydroxylation is 1. The summed E-state index contributed by atoms with van der Waals surface area (Å²) in [5.41, 5.74) is 6.11. The molecular weight excluding hydrogens is 334 g/mol. The number of fused-ring (bicyclic) bond motifs is 2. The van der Waals surface area contributed by atoms with Crippen LogP contribution in [0.4, 0.5) is 11.4 Å². The molecule has 4 heteroatoms. The van der Waals surface area contributed by atoms with E-state index in [1.165, 1.54) is 17.4 Å². The molecule has 2 aliphatic heterocycles. The van der Waals surface area contributed by atoms with Crippen molar-refractivity contribution < 1.29 is 4.73 Å². The van der Waals surface area contributed by atoms with E-state index in [0.717, 1.165) is 34.4 Å². The van der Waals surface area contributed by atoms with Gasteiger partial charge in [-0.1, -0.05) is 36.4 Å². The summed E-state index contributed by atoms with van der Waals surface area (Å²) < 4.78 is 0.897. The minimum absolute atomic E-state index is 0.0913. The minimum atomic E-state index is 0.0913. The van der Waals surface area contributed by atoms with E-state index in [1.54, 1.807) is 6.07 Å². The monoisotopic (exact) mass is 353 g/mol. The zero-order valence-electron chi connectivity index (χ0n) is 14.8. The van der Waals surface area contributed by atoms with Crippen molar-refractivity contribution in [1.82, 2.24) is 0 Å². The van der Waals surface area contributed by atoms with Crippen LogP contribution >= 0.6 is 0 Å². The van der Waals surface area contributed by atoms with Gasteiger partial charge in [-0.15, -0.1) is 0 Å². The number of pyridine rings is 1. The first-order valence-electron chi connectivity index (χ1n) is 9.19. The lowest BCUT2D eigenvalue weighted by atomic mass is 9.96. The molecule has 0 saturated heterocycles. The molecule has 132 valence electrons. The molecule has 0 fully saturated rings. The van der Waals surface area contributed by atoms with Crippen molar-refractivity contribution in [3.63, 3.8) is 0 Å². The lowest BCUT2D eigenvalue weighted by Gasteiger charge is -2.39. The lowest BCUT2D eigenvalue weighted by molar-refractivity contribution is -0.607. The van der Waals surface area contributed by atoms with E-state index in [9.17, 15) is 5.21 Å². The van der Waals surface area contributed by atoms with Gasteiger partial charge < -0.3 is 15.4 Å². The summed E-state index contributed by atoms with van der Waals surface area (Å²) in [5.74, 6) is 0. The summed E-state index contributed by atoms with van der Waals surface area (Å²) in [5, 5.41) is 15.9. The molecule has 1 aromatic heterocycles. The van der Waals surface area contributed by atoms with E-state index in [2.05, 4.69) is 53.2 Å². The number of hydrogen-bond acceptors (Lipinski definition) is 3. The van der Waals surface area contributed by atoms with E-state index in [0.29, 0.717) is 5.69 Å². The molecule has 3 aromatic rings. The number of nitrogens with zero attached hydrogens (tertiary/aromatic N) is 2. The highest BCUT2D eigenvalue weighted by molar-refractivity contribution is 5.93. The maximum Gasteiger partial charge on any atom is 0.222 e. The van der Waals surface area contributed by atoms with E-state index >= 15 is 0 Å². The van der Waals surface area contributed by atoms with Crippen LogP contribution in [0, 0.1) is 11.8 Å². The summed E-state index contributed by atoms with van der Waals surface area (Å²) in [6, 6.07) is 22.1. The first kappa shape index (κ1) is 15.9.